The van der Waals surface area contributed by atoms with Gasteiger partial charge in [-0.3, -0.25) is 10.2 Å². The third kappa shape index (κ3) is 4.66. The second-order valence-electron chi connectivity index (χ2n) is 7.69. The maximum absolute atomic E-state index is 11.6. The molecule has 4 rings (SSSR count). The Kier molecular flexibility index (Phi) is 6.82. The van der Waals surface area contributed by atoms with Gasteiger partial charge in [0.2, 0.25) is 0 Å². The first kappa shape index (κ1) is 22.0. The molecule has 0 aliphatic carbocycles. The van der Waals surface area contributed by atoms with E-state index in [1.54, 1.807) is 0 Å². The average molecular weight is 439 g/mol. The molecule has 2 aromatic carbocycles. The lowest BCUT2D eigenvalue weighted by molar-refractivity contribution is 0.0322. The second kappa shape index (κ2) is 9.93. The van der Waals surface area contributed by atoms with Gasteiger partial charge in [-0.05, 0) is 31.2 Å². The summed E-state index contributed by atoms with van der Waals surface area (Å²) in [6.07, 6.45) is -0.509. The van der Waals surface area contributed by atoms with E-state index < -0.39 is 6.09 Å². The molecule has 3 N–H and O–H groups in total. The molecule has 0 unspecified atom stereocenters. The van der Waals surface area contributed by atoms with Crippen molar-refractivity contribution in [3.05, 3.63) is 42.5 Å². The summed E-state index contributed by atoms with van der Waals surface area (Å²) in [4.78, 5) is 13.9. The summed E-state index contributed by atoms with van der Waals surface area (Å²) in [5.41, 5.74) is 10.8. The summed E-state index contributed by atoms with van der Waals surface area (Å²) in [6, 6.07) is 13.6. The van der Waals surface area contributed by atoms with E-state index in [-0.39, 0.29) is 0 Å². The summed E-state index contributed by atoms with van der Waals surface area (Å²) >= 11 is 0. The van der Waals surface area contributed by atoms with E-state index in [0.717, 1.165) is 67.3 Å². The molecule has 1 aromatic heterocycles. The molecule has 1 aliphatic heterocycles. The van der Waals surface area contributed by atoms with Crippen molar-refractivity contribution in [3.8, 4) is 17.0 Å². The van der Waals surface area contributed by atoms with Crippen molar-refractivity contribution in [3.63, 3.8) is 0 Å². The monoisotopic (exact) mass is 438 g/mol. The molecule has 3 aromatic rings. The maximum atomic E-state index is 11.6. The number of nitrogens with one attached hydrogen (secondary N) is 1. The van der Waals surface area contributed by atoms with E-state index in [1.165, 1.54) is 7.11 Å². The van der Waals surface area contributed by atoms with Gasteiger partial charge in [0.05, 0.1) is 37.2 Å². The first-order chi connectivity index (χ1) is 15.6. The van der Waals surface area contributed by atoms with Crippen molar-refractivity contribution in [1.82, 2.24) is 9.47 Å². The van der Waals surface area contributed by atoms with Crippen LogP contribution in [-0.2, 0) is 16.0 Å². The van der Waals surface area contributed by atoms with Crippen LogP contribution in [0, 0.1) is 0 Å². The van der Waals surface area contributed by atoms with Crippen molar-refractivity contribution in [2.45, 2.75) is 13.5 Å². The zero-order chi connectivity index (χ0) is 22.5. The summed E-state index contributed by atoms with van der Waals surface area (Å²) in [7, 11) is 1.34. The van der Waals surface area contributed by atoms with Crippen LogP contribution in [0.25, 0.3) is 22.2 Å². The maximum Gasteiger partial charge on any atom is 0.411 e. The van der Waals surface area contributed by atoms with Gasteiger partial charge < -0.3 is 24.5 Å². The quantitative estimate of drug-likeness (QED) is 0.583. The van der Waals surface area contributed by atoms with Crippen LogP contribution in [-0.4, -0.2) is 62.1 Å². The number of morpholine rings is 1. The largest absolute Gasteiger partial charge is 0.492 e. The molecule has 1 saturated heterocycles. The molecule has 170 valence electrons. The van der Waals surface area contributed by atoms with Crippen LogP contribution in [0.5, 0.6) is 5.75 Å². The lowest BCUT2D eigenvalue weighted by atomic mass is 10.1. The molecule has 8 nitrogen and oxygen atoms in total. The van der Waals surface area contributed by atoms with Gasteiger partial charge in [0.1, 0.15) is 12.4 Å². The summed E-state index contributed by atoms with van der Waals surface area (Å²) in [5.74, 6) is 0.825. The van der Waals surface area contributed by atoms with E-state index in [9.17, 15) is 4.79 Å². The Morgan fingerprint density at radius 2 is 2.00 bits per heavy atom. The first-order valence-electron chi connectivity index (χ1n) is 10.9. The van der Waals surface area contributed by atoms with E-state index in [2.05, 4.69) is 27.8 Å². The standard InChI is InChI=1S/C24H30N4O4/c1-3-28-21-16-19(32-14-11-27-9-12-31-13-10-27)7-8-20(21)22(25)23(28)17-5-4-6-18(15-17)26-24(29)30-2/h4-8,15-16H,3,9-14,25H2,1-2H3,(H,26,29). The number of nitrogens with two attached hydrogens (primary N) is 1. The highest BCUT2D eigenvalue weighted by Crippen LogP contribution is 2.38. The number of methoxy groups -OCH3 is 1. The molecule has 0 atom stereocenters. The van der Waals surface area contributed by atoms with E-state index in [1.807, 2.05) is 36.4 Å². The molecular formula is C24H30N4O4. The molecule has 32 heavy (non-hydrogen) atoms. The van der Waals surface area contributed by atoms with E-state index in [0.29, 0.717) is 18.0 Å². The second-order valence-corrected chi connectivity index (χ2v) is 7.69. The number of anilines is 2. The average Bonchev–Trinajstić information content (AvgIpc) is 3.10. The number of nitrogen functional groups attached to an aromatic ring is 1. The Bertz CT molecular complexity index is 1090. The lowest BCUT2D eigenvalue weighted by Crippen LogP contribution is -2.38. The minimum absolute atomic E-state index is 0.509. The highest BCUT2D eigenvalue weighted by Gasteiger charge is 2.17. The number of nitrogens with zero attached hydrogens (tertiary/aromatic N) is 2. The fourth-order valence-electron chi connectivity index (χ4n) is 4.12. The van der Waals surface area contributed by atoms with Crippen LogP contribution < -0.4 is 15.8 Å². The highest BCUT2D eigenvalue weighted by molar-refractivity contribution is 6.02. The summed E-state index contributed by atoms with van der Waals surface area (Å²) in [5, 5.41) is 3.69. The van der Waals surface area contributed by atoms with Crippen LogP contribution in [0.1, 0.15) is 6.92 Å². The van der Waals surface area contributed by atoms with Crippen molar-refractivity contribution >= 4 is 28.4 Å². The highest BCUT2D eigenvalue weighted by atomic mass is 16.5. The number of carbonyl (C=O) groups excluding carboxylic acids is 1. The molecule has 8 heteroatoms. The Morgan fingerprint density at radius 1 is 1.19 bits per heavy atom. The number of carbonyl (C=O) groups is 1. The van der Waals surface area contributed by atoms with Gasteiger partial charge in [-0.15, -0.1) is 0 Å². The van der Waals surface area contributed by atoms with Crippen LogP contribution in [0.3, 0.4) is 0 Å². The predicted octanol–water partition coefficient (Wildman–Crippen LogP) is 3.80. The number of hydrogen-bond acceptors (Lipinski definition) is 6. The van der Waals surface area contributed by atoms with Gasteiger partial charge in [-0.2, -0.15) is 0 Å². The Morgan fingerprint density at radius 3 is 2.75 bits per heavy atom. The molecule has 0 saturated carbocycles. The van der Waals surface area contributed by atoms with Crippen LogP contribution in [0.15, 0.2) is 42.5 Å². The SMILES string of the molecule is CCn1c(-c2cccc(NC(=O)OC)c2)c(N)c2ccc(OCCN3CCOCC3)cc21. The van der Waals surface area contributed by atoms with Gasteiger partial charge in [-0.25, -0.2) is 4.79 Å². The fraction of sp³-hybridized carbons (Fsp3) is 0.375. The number of ether oxygens (including phenoxy) is 3. The fourth-order valence-corrected chi connectivity index (χ4v) is 4.12. The Hall–Kier alpha value is -3.23. The van der Waals surface area contributed by atoms with Crippen LogP contribution >= 0.6 is 0 Å². The number of benzene rings is 2. The van der Waals surface area contributed by atoms with Crippen molar-refractivity contribution in [2.24, 2.45) is 0 Å². The van der Waals surface area contributed by atoms with Crippen LogP contribution in [0.2, 0.25) is 0 Å². The Labute approximate surface area is 187 Å². The molecule has 2 heterocycles. The molecular weight excluding hydrogens is 408 g/mol. The first-order valence-corrected chi connectivity index (χ1v) is 10.9. The van der Waals surface area contributed by atoms with Gasteiger partial charge in [-0.1, -0.05) is 12.1 Å². The zero-order valence-electron chi connectivity index (χ0n) is 18.6. The number of rotatable bonds is 7. The molecule has 1 amide bonds. The molecule has 1 aliphatic rings. The van der Waals surface area contributed by atoms with Gasteiger partial charge in [0.25, 0.3) is 0 Å². The lowest BCUT2D eigenvalue weighted by Gasteiger charge is -2.26. The number of amides is 1. The number of aryl methyl sites for hydroxylation is 1. The minimum atomic E-state index is -0.509. The van der Waals surface area contributed by atoms with Crippen molar-refractivity contribution in [1.29, 1.82) is 0 Å². The molecule has 0 radical (unpaired) electrons. The van der Waals surface area contributed by atoms with E-state index >= 15 is 0 Å². The van der Waals surface area contributed by atoms with Gasteiger partial charge in [0.15, 0.2) is 0 Å². The zero-order valence-corrected chi connectivity index (χ0v) is 18.6. The van der Waals surface area contributed by atoms with Crippen LogP contribution in [0.4, 0.5) is 16.2 Å². The third-order valence-electron chi connectivity index (χ3n) is 5.74. The van der Waals surface area contributed by atoms with Crippen molar-refractivity contribution in [2.75, 3.05) is 57.6 Å². The van der Waals surface area contributed by atoms with Gasteiger partial charge in [0, 0.05) is 48.9 Å². The Balaban J connectivity index is 1.59. The van der Waals surface area contributed by atoms with Gasteiger partial charge >= 0.3 is 6.09 Å². The number of aromatic nitrogens is 1. The number of hydrogen-bond donors (Lipinski definition) is 2. The summed E-state index contributed by atoms with van der Waals surface area (Å²) < 4.78 is 18.3. The number of fused-ring (bicyclic) bond motifs is 1. The predicted molar refractivity (Wildman–Crippen MR) is 126 cm³/mol. The topological polar surface area (TPSA) is 91.0 Å². The van der Waals surface area contributed by atoms with E-state index in [4.69, 9.17) is 19.9 Å². The minimum Gasteiger partial charge on any atom is -0.492 e. The third-order valence-corrected chi connectivity index (χ3v) is 5.74. The molecule has 1 fully saturated rings. The normalized spacial score (nSPS) is 14.4. The molecule has 0 bridgehead atoms. The summed E-state index contributed by atoms with van der Waals surface area (Å²) in [6.45, 7) is 7.81. The molecule has 0 spiro atoms. The van der Waals surface area contributed by atoms with Crippen molar-refractivity contribution < 1.29 is 19.0 Å². The smallest absolute Gasteiger partial charge is 0.411 e.